The van der Waals surface area contributed by atoms with Gasteiger partial charge < -0.3 is 10.4 Å². The summed E-state index contributed by atoms with van der Waals surface area (Å²) >= 11 is 5.72. The van der Waals surface area contributed by atoms with Gasteiger partial charge in [-0.2, -0.15) is 0 Å². The monoisotopic (exact) mass is 293 g/mol. The second-order valence-electron chi connectivity index (χ2n) is 4.26. The summed E-state index contributed by atoms with van der Waals surface area (Å²) in [4.78, 5) is 11.8. The molecule has 0 bridgehead atoms. The number of benzene rings is 2. The molecular formula is C15H13ClFNO2. The zero-order chi connectivity index (χ0) is 14.5. The van der Waals surface area contributed by atoms with E-state index in [1.165, 1.54) is 12.1 Å². The topological polar surface area (TPSA) is 49.3 Å². The molecule has 1 atom stereocenters. The number of halogens is 2. The Balaban J connectivity index is 2.00. The van der Waals surface area contributed by atoms with Gasteiger partial charge in [0, 0.05) is 11.6 Å². The Morgan fingerprint density at radius 2 is 1.95 bits per heavy atom. The fourth-order valence-electron chi connectivity index (χ4n) is 1.75. The van der Waals surface area contributed by atoms with Gasteiger partial charge in [-0.25, -0.2) is 4.39 Å². The van der Waals surface area contributed by atoms with Crippen molar-refractivity contribution in [3.63, 3.8) is 0 Å². The van der Waals surface area contributed by atoms with Crippen LogP contribution in [0.5, 0.6) is 0 Å². The highest BCUT2D eigenvalue weighted by molar-refractivity contribution is 6.30. The number of nitrogens with one attached hydrogen (secondary N) is 1. The molecule has 2 N–H and O–H groups in total. The molecule has 2 aromatic rings. The molecular weight excluding hydrogens is 281 g/mol. The van der Waals surface area contributed by atoms with Gasteiger partial charge in [0.2, 0.25) is 0 Å². The van der Waals surface area contributed by atoms with Gasteiger partial charge in [0.1, 0.15) is 5.82 Å². The van der Waals surface area contributed by atoms with E-state index in [-0.39, 0.29) is 17.1 Å². The van der Waals surface area contributed by atoms with E-state index in [1.54, 1.807) is 24.3 Å². The van der Waals surface area contributed by atoms with Gasteiger partial charge >= 0.3 is 0 Å². The van der Waals surface area contributed by atoms with Crippen molar-refractivity contribution >= 4 is 17.5 Å². The van der Waals surface area contributed by atoms with E-state index in [0.29, 0.717) is 5.56 Å². The number of rotatable bonds is 4. The first-order valence-electron chi connectivity index (χ1n) is 6.04. The maximum absolute atomic E-state index is 13.5. The maximum Gasteiger partial charge on any atom is 0.254 e. The molecule has 0 aromatic heterocycles. The number of aliphatic hydroxyl groups is 1. The van der Waals surface area contributed by atoms with Gasteiger partial charge in [-0.05, 0) is 23.8 Å². The van der Waals surface area contributed by atoms with Crippen molar-refractivity contribution in [1.82, 2.24) is 5.32 Å². The van der Waals surface area contributed by atoms with Crippen molar-refractivity contribution in [2.75, 3.05) is 6.54 Å². The summed E-state index contributed by atoms with van der Waals surface area (Å²) in [6.45, 7) is -0.00516. The zero-order valence-corrected chi connectivity index (χ0v) is 11.3. The molecule has 0 spiro atoms. The smallest absolute Gasteiger partial charge is 0.254 e. The average Bonchev–Trinajstić information content (AvgIpc) is 2.47. The number of hydrogen-bond acceptors (Lipinski definition) is 2. The highest BCUT2D eigenvalue weighted by atomic mass is 35.5. The maximum atomic E-state index is 13.5. The van der Waals surface area contributed by atoms with Crippen molar-refractivity contribution in [3.05, 3.63) is 70.5 Å². The molecule has 0 unspecified atom stereocenters. The third-order valence-corrected chi connectivity index (χ3v) is 3.05. The third-order valence-electron chi connectivity index (χ3n) is 2.81. The van der Waals surface area contributed by atoms with Gasteiger partial charge in [-0.15, -0.1) is 0 Å². The zero-order valence-electron chi connectivity index (χ0n) is 10.5. The molecule has 104 valence electrons. The normalized spacial score (nSPS) is 11.9. The summed E-state index contributed by atoms with van der Waals surface area (Å²) in [5.41, 5.74) is 0.539. The molecule has 5 heteroatoms. The van der Waals surface area contributed by atoms with E-state index in [2.05, 4.69) is 5.32 Å². The fraction of sp³-hybridized carbons (Fsp3) is 0.133. The summed E-state index contributed by atoms with van der Waals surface area (Å²) in [6, 6.07) is 12.6. The molecule has 0 radical (unpaired) electrons. The standard InChI is InChI=1S/C15H13ClFNO2/c16-11-6-7-13(17)12(8-11)15(20)18-9-14(19)10-4-2-1-3-5-10/h1-8,14,19H,9H2,(H,18,20)/t14-/m1/s1. The Morgan fingerprint density at radius 1 is 1.25 bits per heavy atom. The Labute approximate surface area is 121 Å². The molecule has 20 heavy (non-hydrogen) atoms. The Morgan fingerprint density at radius 3 is 2.65 bits per heavy atom. The van der Waals surface area contributed by atoms with Crippen molar-refractivity contribution in [2.24, 2.45) is 0 Å². The highest BCUT2D eigenvalue weighted by Crippen LogP contribution is 2.15. The predicted octanol–water partition coefficient (Wildman–Crippen LogP) is 2.94. The van der Waals surface area contributed by atoms with Crippen LogP contribution in [0.3, 0.4) is 0 Å². The van der Waals surface area contributed by atoms with E-state index in [1.807, 2.05) is 6.07 Å². The molecule has 2 rings (SSSR count). The fourth-order valence-corrected chi connectivity index (χ4v) is 1.92. The molecule has 0 saturated heterocycles. The van der Waals surface area contributed by atoms with E-state index in [0.717, 1.165) is 6.07 Å². The van der Waals surface area contributed by atoms with Crippen LogP contribution < -0.4 is 5.32 Å². The number of carbonyl (C=O) groups is 1. The van der Waals surface area contributed by atoms with Crippen LogP contribution in [0.1, 0.15) is 22.0 Å². The lowest BCUT2D eigenvalue weighted by atomic mass is 10.1. The van der Waals surface area contributed by atoms with Crippen molar-refractivity contribution in [1.29, 1.82) is 0 Å². The molecule has 1 amide bonds. The molecule has 0 saturated carbocycles. The van der Waals surface area contributed by atoms with Crippen LogP contribution in [0.25, 0.3) is 0 Å². The van der Waals surface area contributed by atoms with Gasteiger partial charge in [-0.1, -0.05) is 41.9 Å². The Bertz CT molecular complexity index is 604. The van der Waals surface area contributed by atoms with Gasteiger partial charge in [0.05, 0.1) is 11.7 Å². The number of aliphatic hydroxyl groups excluding tert-OH is 1. The lowest BCUT2D eigenvalue weighted by molar-refractivity contribution is 0.0912. The van der Waals surface area contributed by atoms with E-state index >= 15 is 0 Å². The lowest BCUT2D eigenvalue weighted by Gasteiger charge is -2.12. The van der Waals surface area contributed by atoms with E-state index in [4.69, 9.17) is 11.6 Å². The summed E-state index contributed by atoms with van der Waals surface area (Å²) in [5, 5.41) is 12.7. The van der Waals surface area contributed by atoms with Crippen LogP contribution in [0.2, 0.25) is 5.02 Å². The van der Waals surface area contributed by atoms with Crippen LogP contribution in [0.4, 0.5) is 4.39 Å². The first kappa shape index (κ1) is 14.5. The summed E-state index contributed by atoms with van der Waals surface area (Å²) < 4.78 is 13.5. The number of amides is 1. The highest BCUT2D eigenvalue weighted by Gasteiger charge is 2.14. The number of carbonyl (C=O) groups excluding carboxylic acids is 1. The molecule has 0 aliphatic heterocycles. The Kier molecular flexibility index (Phi) is 4.71. The summed E-state index contributed by atoms with van der Waals surface area (Å²) in [7, 11) is 0. The van der Waals surface area contributed by atoms with Crippen LogP contribution >= 0.6 is 11.6 Å². The van der Waals surface area contributed by atoms with E-state index in [9.17, 15) is 14.3 Å². The largest absolute Gasteiger partial charge is 0.387 e. The third kappa shape index (κ3) is 3.56. The second kappa shape index (κ2) is 6.50. The van der Waals surface area contributed by atoms with Crippen LogP contribution in [-0.4, -0.2) is 17.6 Å². The Hall–Kier alpha value is -1.91. The summed E-state index contributed by atoms with van der Waals surface area (Å²) in [5.74, 6) is -1.26. The van der Waals surface area contributed by atoms with Crippen LogP contribution in [0.15, 0.2) is 48.5 Å². The van der Waals surface area contributed by atoms with E-state index < -0.39 is 17.8 Å². The summed E-state index contributed by atoms with van der Waals surface area (Å²) in [6.07, 6.45) is -0.845. The molecule has 0 heterocycles. The first-order chi connectivity index (χ1) is 9.58. The predicted molar refractivity (Wildman–Crippen MR) is 75.1 cm³/mol. The second-order valence-corrected chi connectivity index (χ2v) is 4.70. The minimum Gasteiger partial charge on any atom is -0.387 e. The first-order valence-corrected chi connectivity index (χ1v) is 6.42. The van der Waals surface area contributed by atoms with Crippen molar-refractivity contribution in [3.8, 4) is 0 Å². The molecule has 2 aromatic carbocycles. The molecule has 0 aliphatic carbocycles. The van der Waals surface area contributed by atoms with Crippen molar-refractivity contribution in [2.45, 2.75) is 6.10 Å². The molecule has 0 fully saturated rings. The van der Waals surface area contributed by atoms with Gasteiger partial charge in [0.25, 0.3) is 5.91 Å². The molecule has 3 nitrogen and oxygen atoms in total. The lowest BCUT2D eigenvalue weighted by Crippen LogP contribution is -2.29. The van der Waals surface area contributed by atoms with Crippen LogP contribution in [-0.2, 0) is 0 Å². The minimum atomic E-state index is -0.845. The molecule has 0 aliphatic rings. The SMILES string of the molecule is O=C(NC[C@@H](O)c1ccccc1)c1cc(Cl)ccc1F. The average molecular weight is 294 g/mol. The van der Waals surface area contributed by atoms with Gasteiger partial charge in [0.15, 0.2) is 0 Å². The quantitative estimate of drug-likeness (QED) is 0.910. The van der Waals surface area contributed by atoms with Gasteiger partial charge in [-0.3, -0.25) is 4.79 Å². The number of hydrogen-bond donors (Lipinski definition) is 2. The van der Waals surface area contributed by atoms with Crippen LogP contribution in [0, 0.1) is 5.82 Å². The minimum absolute atomic E-state index is 0.00516. The van der Waals surface area contributed by atoms with Crippen molar-refractivity contribution < 1.29 is 14.3 Å².